The van der Waals surface area contributed by atoms with Gasteiger partial charge in [-0.3, -0.25) is 44.3 Å². The van der Waals surface area contributed by atoms with Crippen molar-refractivity contribution in [2.45, 2.75) is 70.9 Å². The highest BCUT2D eigenvalue weighted by Crippen LogP contribution is 2.42. The molecule has 0 bridgehead atoms. The number of fused-ring (bicyclic) bond motifs is 2. The molecular formula is C52H64BrN12O6P. The quantitative estimate of drug-likeness (QED) is 0.0433. The fraction of sp³-hybridized carbons (Fsp3) is 0.462. The number of methoxy groups -OCH3 is 1. The molecule has 1 unspecified atom stereocenters. The lowest BCUT2D eigenvalue weighted by molar-refractivity contribution is -0.125. The number of halogens is 1. The summed E-state index contributed by atoms with van der Waals surface area (Å²) in [6.45, 7) is 16.7. The normalized spacial score (nSPS) is 17.5. The largest absolute Gasteiger partial charge is 0.494 e. The van der Waals surface area contributed by atoms with E-state index in [0.29, 0.717) is 73.5 Å². The summed E-state index contributed by atoms with van der Waals surface area (Å²) in [7, 11) is -1.09. The maximum Gasteiger partial charge on any atom is 0.261 e. The van der Waals surface area contributed by atoms with Crippen molar-refractivity contribution in [3.63, 3.8) is 0 Å². The Kier molecular flexibility index (Phi) is 15.6. The first-order valence-electron chi connectivity index (χ1n) is 25.0. The Balaban J connectivity index is 0.725. The molecule has 2 aromatic heterocycles. The van der Waals surface area contributed by atoms with E-state index in [4.69, 9.17) is 9.72 Å². The first kappa shape index (κ1) is 50.9. The number of piperazine rings is 1. The number of rotatable bonds is 19. The summed E-state index contributed by atoms with van der Waals surface area (Å²) in [6, 6.07) is 13.6. The van der Waals surface area contributed by atoms with Crippen LogP contribution in [0.2, 0.25) is 0 Å². The molecule has 20 heteroatoms. The molecule has 0 spiro atoms. The number of piperidine rings is 1. The molecule has 0 aliphatic carbocycles. The molecule has 6 heterocycles. The Morgan fingerprint density at radius 2 is 1.67 bits per heavy atom. The van der Waals surface area contributed by atoms with Crippen molar-refractivity contribution in [3.8, 4) is 5.75 Å². The van der Waals surface area contributed by atoms with E-state index in [1.807, 2.05) is 24.3 Å². The van der Waals surface area contributed by atoms with Gasteiger partial charge in [-0.25, -0.2) is 4.98 Å². The van der Waals surface area contributed by atoms with Gasteiger partial charge in [-0.1, -0.05) is 6.92 Å². The highest BCUT2D eigenvalue weighted by molar-refractivity contribution is 9.10. The number of nitrogens with zero attached hydrogens (tertiary/aromatic N) is 9. The van der Waals surface area contributed by atoms with Crippen LogP contribution in [0.25, 0.3) is 11.0 Å². The van der Waals surface area contributed by atoms with Crippen LogP contribution in [-0.4, -0.2) is 150 Å². The highest BCUT2D eigenvalue weighted by atomic mass is 79.9. The second-order valence-electron chi connectivity index (χ2n) is 19.7. The molecule has 3 aromatic carbocycles. The predicted molar refractivity (Wildman–Crippen MR) is 285 cm³/mol. The lowest BCUT2D eigenvalue weighted by Gasteiger charge is -2.44. The maximum absolute atomic E-state index is 13.6. The molecule has 380 valence electrons. The van der Waals surface area contributed by atoms with Crippen LogP contribution in [0, 0.1) is 5.92 Å². The summed E-state index contributed by atoms with van der Waals surface area (Å²) < 4.78 is 20.2. The molecular weight excluding hydrogens is 1000 g/mol. The second kappa shape index (κ2) is 22.0. The van der Waals surface area contributed by atoms with Crippen molar-refractivity contribution in [1.29, 1.82) is 0 Å². The van der Waals surface area contributed by atoms with Crippen LogP contribution in [0.5, 0.6) is 5.75 Å². The molecule has 72 heavy (non-hydrogen) atoms. The molecule has 3 fully saturated rings. The zero-order chi connectivity index (χ0) is 50.7. The average molecular weight is 1060 g/mol. The molecule has 3 N–H and O–H groups in total. The van der Waals surface area contributed by atoms with E-state index in [1.165, 1.54) is 16.2 Å². The van der Waals surface area contributed by atoms with Crippen molar-refractivity contribution in [2.75, 3.05) is 99.8 Å². The molecule has 0 radical (unpaired) electrons. The summed E-state index contributed by atoms with van der Waals surface area (Å²) in [5.41, 5.74) is 6.87. The summed E-state index contributed by atoms with van der Waals surface area (Å²) in [4.78, 5) is 78.4. The molecule has 9 rings (SSSR count). The van der Waals surface area contributed by atoms with Gasteiger partial charge in [-0.2, -0.15) is 4.98 Å². The van der Waals surface area contributed by atoms with Gasteiger partial charge in [0.15, 0.2) is 0 Å². The van der Waals surface area contributed by atoms with E-state index in [2.05, 4.69) is 85.5 Å². The van der Waals surface area contributed by atoms with Crippen LogP contribution in [-0.2, 0) is 20.6 Å². The van der Waals surface area contributed by atoms with Gasteiger partial charge in [0.1, 0.15) is 24.2 Å². The summed E-state index contributed by atoms with van der Waals surface area (Å²) in [6.07, 6.45) is 11.0. The molecule has 0 saturated carbocycles. The number of ether oxygens (including phenoxy) is 1. The third kappa shape index (κ3) is 11.0. The number of hydrogen-bond donors (Lipinski definition) is 3. The van der Waals surface area contributed by atoms with E-state index in [-0.39, 0.29) is 24.7 Å². The Hall–Kier alpha value is -6.01. The van der Waals surface area contributed by atoms with Crippen LogP contribution < -0.4 is 35.8 Å². The van der Waals surface area contributed by atoms with Crippen molar-refractivity contribution >= 4 is 98.1 Å². The minimum Gasteiger partial charge on any atom is -0.494 e. The smallest absolute Gasteiger partial charge is 0.261 e. The Morgan fingerprint density at radius 1 is 0.917 bits per heavy atom. The Bertz CT molecular complexity index is 2900. The monoisotopic (exact) mass is 1060 g/mol. The zero-order valence-corrected chi connectivity index (χ0v) is 44.2. The third-order valence-corrected chi connectivity index (χ3v) is 16.8. The minimum atomic E-state index is -2.78. The number of nitrogens with one attached hydrogen (secondary N) is 3. The predicted octanol–water partition coefficient (Wildman–Crippen LogP) is 7.03. The molecule has 3 saturated heterocycles. The van der Waals surface area contributed by atoms with Gasteiger partial charge < -0.3 is 34.6 Å². The van der Waals surface area contributed by atoms with E-state index in [0.717, 1.165) is 102 Å². The summed E-state index contributed by atoms with van der Waals surface area (Å²) in [5, 5.41) is 9.52. The summed E-state index contributed by atoms with van der Waals surface area (Å²) >= 11 is 3.60. The van der Waals surface area contributed by atoms with E-state index in [1.54, 1.807) is 52.0 Å². The Labute approximate surface area is 429 Å². The average Bonchev–Trinajstić information content (AvgIpc) is 3.62. The number of anilines is 6. The number of aryl methyl sites for hydroxylation is 1. The zero-order valence-electron chi connectivity index (χ0n) is 41.7. The molecule has 4 aliphatic rings. The third-order valence-electron chi connectivity index (χ3n) is 14.7. The number of carbonyl (C=O) groups excluding carboxylic acids is 4. The first-order valence-corrected chi connectivity index (χ1v) is 28.4. The standard InChI is InChI=1S/C52H64BrN12O6P/c1-6-35-26-43(59-52-56-29-40(53)49(60-52)58-42-13-12-41-47(55-18-17-54-41)48(42)72(4,5)70)45(71-3)28-44(35)63-20-15-36(16-21-63)62-24-22-61(23-25-62)19-7-8-34-30-64(31-34)37-10-11-38-39(27-37)51(69)65(50(38)68)33(2)9-14-46(67)57-32-66/h10-13,17-18,26-29,32-34,36H,6-9,14-16,19-25,30-31H2,1-5H3,(H,57,66,67)(H2,56,58,59,60). The number of hydrogen-bond acceptors (Lipinski definition) is 16. The fourth-order valence-electron chi connectivity index (χ4n) is 10.7. The first-order chi connectivity index (χ1) is 34.7. The lowest BCUT2D eigenvalue weighted by atomic mass is 9.93. The van der Waals surface area contributed by atoms with Crippen molar-refractivity contribution in [2.24, 2.45) is 5.92 Å². The van der Waals surface area contributed by atoms with Gasteiger partial charge in [-0.15, -0.1) is 0 Å². The number of aromatic nitrogens is 4. The van der Waals surface area contributed by atoms with Crippen molar-refractivity contribution in [1.82, 2.24) is 40.0 Å². The van der Waals surface area contributed by atoms with Gasteiger partial charge in [0.25, 0.3) is 11.8 Å². The van der Waals surface area contributed by atoms with E-state index >= 15 is 0 Å². The topological polar surface area (TPSA) is 198 Å². The van der Waals surface area contributed by atoms with Crippen LogP contribution in [0.1, 0.15) is 78.7 Å². The molecule has 18 nitrogen and oxygen atoms in total. The van der Waals surface area contributed by atoms with Gasteiger partial charge >= 0.3 is 0 Å². The minimum absolute atomic E-state index is 0.0480. The van der Waals surface area contributed by atoms with Crippen LogP contribution in [0.15, 0.2) is 65.5 Å². The number of amides is 4. The lowest BCUT2D eigenvalue weighted by Crippen LogP contribution is -2.53. The van der Waals surface area contributed by atoms with Gasteiger partial charge in [0.2, 0.25) is 18.3 Å². The number of benzene rings is 3. The summed E-state index contributed by atoms with van der Waals surface area (Å²) in [5.74, 6) is 1.09. The highest BCUT2D eigenvalue weighted by Gasteiger charge is 2.40. The maximum atomic E-state index is 13.6. The number of carbonyl (C=O) groups is 4. The van der Waals surface area contributed by atoms with Gasteiger partial charge in [-0.05, 0) is 129 Å². The number of imide groups is 2. The van der Waals surface area contributed by atoms with Gasteiger partial charge in [0.05, 0.1) is 44.9 Å². The van der Waals surface area contributed by atoms with E-state index < -0.39 is 19.1 Å². The molecule has 4 aliphatic heterocycles. The van der Waals surface area contributed by atoms with Crippen molar-refractivity contribution < 1.29 is 28.5 Å². The molecule has 1 atom stereocenters. The van der Waals surface area contributed by atoms with Crippen LogP contribution >= 0.6 is 23.1 Å². The SMILES string of the molecule is CCc1cc(Nc2ncc(Br)c(Nc3ccc4nccnc4c3P(C)(C)=O)n2)c(OC)cc1N1CCC(N2CCN(CCCC3CN(c4ccc5c(c4)C(=O)N(C(C)CCC(=O)NC=O)C5=O)C3)CC2)CC1. The fourth-order valence-corrected chi connectivity index (χ4v) is 12.4. The van der Waals surface area contributed by atoms with Crippen molar-refractivity contribution in [3.05, 3.63) is 82.2 Å². The molecule has 4 amide bonds. The second-order valence-corrected chi connectivity index (χ2v) is 23.7. The Morgan fingerprint density at radius 3 is 2.39 bits per heavy atom. The van der Waals surface area contributed by atoms with Crippen LogP contribution in [0.4, 0.5) is 34.5 Å². The molecule has 5 aromatic rings. The van der Waals surface area contributed by atoms with Gasteiger partial charge in [0, 0.05) is 107 Å². The van der Waals surface area contributed by atoms with E-state index in [9.17, 15) is 23.7 Å². The van der Waals surface area contributed by atoms with Crippen LogP contribution in [0.3, 0.4) is 0 Å².